The molecule has 0 spiro atoms. The Morgan fingerprint density at radius 3 is 2.82 bits per heavy atom. The number of imidazole rings is 1. The molecule has 28 heavy (non-hydrogen) atoms. The normalized spacial score (nSPS) is 21.3. The molecule has 3 rings (SSSR count). The van der Waals surface area contributed by atoms with E-state index in [0.717, 1.165) is 43.5 Å². The summed E-state index contributed by atoms with van der Waals surface area (Å²) in [6, 6.07) is 0.421. The van der Waals surface area contributed by atoms with E-state index in [1.54, 1.807) is 0 Å². The lowest BCUT2D eigenvalue weighted by Crippen LogP contribution is -2.49. The Bertz CT molecular complexity index is 737. The van der Waals surface area contributed by atoms with Crippen LogP contribution in [-0.4, -0.2) is 51.7 Å². The molecule has 7 nitrogen and oxygen atoms in total. The van der Waals surface area contributed by atoms with Gasteiger partial charge in [0.25, 0.3) is 0 Å². The van der Waals surface area contributed by atoms with Crippen molar-refractivity contribution in [2.24, 2.45) is 10.9 Å². The highest BCUT2D eigenvalue weighted by Crippen LogP contribution is 2.28. The van der Waals surface area contributed by atoms with Crippen LogP contribution in [0.15, 0.2) is 28.2 Å². The van der Waals surface area contributed by atoms with E-state index < -0.39 is 0 Å². The zero-order chi connectivity index (χ0) is 19.4. The summed E-state index contributed by atoms with van der Waals surface area (Å²) >= 11 is 0. The number of nitrogens with zero attached hydrogens (tertiary/aromatic N) is 5. The Morgan fingerprint density at radius 2 is 2.21 bits per heavy atom. The second-order valence-corrected chi connectivity index (χ2v) is 7.62. The molecule has 1 aliphatic rings. The van der Waals surface area contributed by atoms with Gasteiger partial charge in [0, 0.05) is 50.1 Å². The van der Waals surface area contributed by atoms with Crippen LogP contribution in [0.3, 0.4) is 0 Å². The lowest BCUT2D eigenvalue weighted by molar-refractivity contribution is 0.189. The maximum Gasteiger partial charge on any atom is 0.194 e. The second kappa shape index (κ2) is 10.3. The van der Waals surface area contributed by atoms with Crippen LogP contribution >= 0.6 is 24.0 Å². The van der Waals surface area contributed by atoms with Gasteiger partial charge in [-0.25, -0.2) is 4.98 Å². The molecule has 3 atom stereocenters. The third-order valence-corrected chi connectivity index (χ3v) is 5.56. The van der Waals surface area contributed by atoms with E-state index in [9.17, 15) is 0 Å². The highest BCUT2D eigenvalue weighted by atomic mass is 127. The van der Waals surface area contributed by atoms with Crippen LogP contribution in [0.1, 0.15) is 56.2 Å². The number of hydrogen-bond donors (Lipinski definition) is 1. The third kappa shape index (κ3) is 5.07. The molecule has 0 saturated carbocycles. The van der Waals surface area contributed by atoms with Gasteiger partial charge in [-0.2, -0.15) is 0 Å². The van der Waals surface area contributed by atoms with Crippen LogP contribution in [0.25, 0.3) is 0 Å². The molecule has 0 radical (unpaired) electrons. The van der Waals surface area contributed by atoms with Gasteiger partial charge >= 0.3 is 0 Å². The number of piperidine rings is 1. The van der Waals surface area contributed by atoms with Crippen molar-refractivity contribution in [1.29, 1.82) is 0 Å². The van der Waals surface area contributed by atoms with E-state index in [-0.39, 0.29) is 29.9 Å². The number of halogens is 1. The number of guanidine groups is 1. The molecule has 1 N–H and O–H groups in total. The van der Waals surface area contributed by atoms with Crippen molar-refractivity contribution in [3.8, 4) is 0 Å². The van der Waals surface area contributed by atoms with E-state index in [0.29, 0.717) is 18.5 Å². The molecular weight excluding hydrogens is 467 g/mol. The molecule has 1 saturated heterocycles. The number of rotatable bonds is 5. The summed E-state index contributed by atoms with van der Waals surface area (Å²) in [6.45, 7) is 14.2. The van der Waals surface area contributed by atoms with Crippen molar-refractivity contribution in [3.05, 3.63) is 35.7 Å². The number of likely N-dealkylation sites (tertiary alicyclic amines) is 1. The van der Waals surface area contributed by atoms with E-state index in [1.807, 2.05) is 26.4 Å². The largest absolute Gasteiger partial charge is 0.361 e. The summed E-state index contributed by atoms with van der Waals surface area (Å²) in [5, 5.41) is 7.55. The SMILES string of the molecule is CCNC(=NCC(C)c1c(C)noc1C)N1CCC(C)C(n2ccnc2)C1.I. The molecule has 8 heteroatoms. The minimum absolute atomic E-state index is 0. The first kappa shape index (κ1) is 22.7. The smallest absolute Gasteiger partial charge is 0.194 e. The van der Waals surface area contributed by atoms with E-state index in [4.69, 9.17) is 9.52 Å². The van der Waals surface area contributed by atoms with Crippen LogP contribution in [0.2, 0.25) is 0 Å². The fourth-order valence-corrected chi connectivity index (χ4v) is 4.03. The standard InChI is InChI=1S/C20H32N6O.HI/c1-6-22-20(23-11-15(3)19-16(4)24-27-17(19)5)25-9-7-14(2)18(12-25)26-10-8-21-13-26;/h8,10,13-15,18H,6-7,9,11-12H2,1-5H3,(H,22,23);1H. The molecule has 156 valence electrons. The minimum Gasteiger partial charge on any atom is -0.361 e. The lowest BCUT2D eigenvalue weighted by atomic mass is 9.93. The quantitative estimate of drug-likeness (QED) is 0.385. The molecule has 3 unspecified atom stereocenters. The predicted molar refractivity (Wildman–Crippen MR) is 122 cm³/mol. The molecule has 1 fully saturated rings. The zero-order valence-electron chi connectivity index (χ0n) is 17.6. The summed E-state index contributed by atoms with van der Waals surface area (Å²) in [4.78, 5) is 11.6. The Kier molecular flexibility index (Phi) is 8.33. The molecule has 2 aromatic rings. The topological polar surface area (TPSA) is 71.5 Å². The van der Waals surface area contributed by atoms with Gasteiger partial charge in [0.15, 0.2) is 5.96 Å². The molecule has 2 aromatic heterocycles. The number of hydrogen-bond acceptors (Lipinski definition) is 4. The number of aromatic nitrogens is 3. The summed E-state index contributed by atoms with van der Waals surface area (Å²) in [5.41, 5.74) is 2.14. The van der Waals surface area contributed by atoms with Gasteiger partial charge in [0.05, 0.1) is 18.1 Å². The average Bonchev–Trinajstić information content (AvgIpc) is 3.29. The molecular formula is C20H33IN6O. The maximum absolute atomic E-state index is 5.32. The molecule has 0 bridgehead atoms. The number of nitrogens with one attached hydrogen (secondary N) is 1. The zero-order valence-corrected chi connectivity index (χ0v) is 19.9. The van der Waals surface area contributed by atoms with Crippen LogP contribution in [0, 0.1) is 19.8 Å². The molecule has 3 heterocycles. The van der Waals surface area contributed by atoms with Gasteiger partial charge in [0.1, 0.15) is 5.76 Å². The Hall–Kier alpha value is -1.58. The van der Waals surface area contributed by atoms with Crippen molar-refractivity contribution in [1.82, 2.24) is 24.9 Å². The highest BCUT2D eigenvalue weighted by Gasteiger charge is 2.29. The fourth-order valence-electron chi connectivity index (χ4n) is 4.03. The minimum atomic E-state index is 0. The Balaban J connectivity index is 0.00000280. The van der Waals surface area contributed by atoms with Gasteiger partial charge < -0.3 is 19.3 Å². The van der Waals surface area contributed by atoms with Crippen molar-refractivity contribution in [2.45, 2.75) is 53.0 Å². The van der Waals surface area contributed by atoms with E-state index in [2.05, 4.69) is 51.9 Å². The van der Waals surface area contributed by atoms with Crippen molar-refractivity contribution >= 4 is 29.9 Å². The van der Waals surface area contributed by atoms with Crippen molar-refractivity contribution < 1.29 is 4.52 Å². The van der Waals surface area contributed by atoms with Gasteiger partial charge in [0.2, 0.25) is 0 Å². The summed E-state index contributed by atoms with van der Waals surface area (Å²) in [7, 11) is 0. The maximum atomic E-state index is 5.32. The third-order valence-electron chi connectivity index (χ3n) is 5.56. The van der Waals surface area contributed by atoms with Crippen LogP contribution < -0.4 is 5.32 Å². The summed E-state index contributed by atoms with van der Waals surface area (Å²) in [5.74, 6) is 2.79. The second-order valence-electron chi connectivity index (χ2n) is 7.62. The average molecular weight is 500 g/mol. The van der Waals surface area contributed by atoms with Gasteiger partial charge in [-0.05, 0) is 33.1 Å². The lowest BCUT2D eigenvalue weighted by Gasteiger charge is -2.39. The number of aryl methyl sites for hydroxylation is 2. The van der Waals surface area contributed by atoms with Crippen LogP contribution in [0.5, 0.6) is 0 Å². The first-order chi connectivity index (χ1) is 13.0. The predicted octanol–water partition coefficient (Wildman–Crippen LogP) is 3.76. The first-order valence-electron chi connectivity index (χ1n) is 9.94. The Morgan fingerprint density at radius 1 is 1.43 bits per heavy atom. The molecule has 0 aliphatic carbocycles. The van der Waals surface area contributed by atoms with Crippen LogP contribution in [-0.2, 0) is 0 Å². The van der Waals surface area contributed by atoms with Gasteiger partial charge in [-0.3, -0.25) is 4.99 Å². The van der Waals surface area contributed by atoms with Gasteiger partial charge in [-0.1, -0.05) is 19.0 Å². The Labute approximate surface area is 185 Å². The molecule has 1 aliphatic heterocycles. The summed E-state index contributed by atoms with van der Waals surface area (Å²) < 4.78 is 7.55. The summed E-state index contributed by atoms with van der Waals surface area (Å²) in [6.07, 6.45) is 6.99. The highest BCUT2D eigenvalue weighted by molar-refractivity contribution is 14.0. The van der Waals surface area contributed by atoms with E-state index in [1.165, 1.54) is 5.56 Å². The first-order valence-corrected chi connectivity index (χ1v) is 9.94. The van der Waals surface area contributed by atoms with Gasteiger partial charge in [-0.15, -0.1) is 24.0 Å². The fraction of sp³-hybridized carbons (Fsp3) is 0.650. The molecule has 0 aromatic carbocycles. The van der Waals surface area contributed by atoms with E-state index >= 15 is 0 Å². The monoisotopic (exact) mass is 500 g/mol. The number of aliphatic imine (C=N–C) groups is 1. The van der Waals surface area contributed by atoms with Crippen molar-refractivity contribution in [3.63, 3.8) is 0 Å². The molecule has 0 amide bonds. The van der Waals surface area contributed by atoms with Crippen molar-refractivity contribution in [2.75, 3.05) is 26.2 Å². The van der Waals surface area contributed by atoms with Crippen LogP contribution in [0.4, 0.5) is 0 Å².